The highest BCUT2D eigenvalue weighted by Crippen LogP contribution is 2.31. The van der Waals surface area contributed by atoms with Gasteiger partial charge >= 0.3 is 0 Å². The summed E-state index contributed by atoms with van der Waals surface area (Å²) < 4.78 is 19.8. The number of hydrogen-bond donors (Lipinski definition) is 1. The van der Waals surface area contributed by atoms with Gasteiger partial charge in [-0.2, -0.15) is 4.98 Å². The van der Waals surface area contributed by atoms with E-state index < -0.39 is 0 Å². The lowest BCUT2D eigenvalue weighted by atomic mass is 10.1. The SMILES string of the molecule is CNc1nc(N2CCOC(c3ccc(F)cc3Cl)C2)ncc1Br. The molecule has 1 saturated heterocycles. The van der Waals surface area contributed by atoms with Gasteiger partial charge < -0.3 is 15.0 Å². The first-order chi connectivity index (χ1) is 11.1. The Morgan fingerprint density at radius 2 is 2.30 bits per heavy atom. The molecule has 122 valence electrons. The molecule has 0 saturated carbocycles. The van der Waals surface area contributed by atoms with Crippen molar-refractivity contribution in [3.8, 4) is 0 Å². The standard InChI is InChI=1S/C15H15BrClFN4O/c1-19-14-11(16)7-20-15(21-14)22-4-5-23-13(8-22)10-3-2-9(18)6-12(10)17/h2-3,6-7,13H,4-5,8H2,1H3,(H,19,20,21). The molecule has 8 heteroatoms. The third-order valence-corrected chi connectivity index (χ3v) is 4.53. The van der Waals surface area contributed by atoms with Gasteiger partial charge in [0.25, 0.3) is 0 Å². The van der Waals surface area contributed by atoms with E-state index in [4.69, 9.17) is 16.3 Å². The highest BCUT2D eigenvalue weighted by Gasteiger charge is 2.26. The molecule has 1 aliphatic heterocycles. The Morgan fingerprint density at radius 1 is 1.48 bits per heavy atom. The average molecular weight is 402 g/mol. The number of aromatic nitrogens is 2. The van der Waals surface area contributed by atoms with E-state index in [-0.39, 0.29) is 11.9 Å². The average Bonchev–Trinajstić information content (AvgIpc) is 2.55. The fourth-order valence-electron chi connectivity index (χ4n) is 2.47. The van der Waals surface area contributed by atoms with Crippen molar-refractivity contribution >= 4 is 39.3 Å². The Kier molecular flexibility index (Phi) is 4.99. The van der Waals surface area contributed by atoms with Gasteiger partial charge in [-0.05, 0) is 28.1 Å². The molecule has 1 aromatic carbocycles. The van der Waals surface area contributed by atoms with Crippen LogP contribution in [0.15, 0.2) is 28.9 Å². The van der Waals surface area contributed by atoms with Crippen LogP contribution in [0.1, 0.15) is 11.7 Å². The predicted octanol–water partition coefficient (Wildman–Crippen LogP) is 3.65. The summed E-state index contributed by atoms with van der Waals surface area (Å²) in [7, 11) is 1.80. The van der Waals surface area contributed by atoms with Gasteiger partial charge in [0.1, 0.15) is 17.7 Å². The minimum atomic E-state index is -0.360. The lowest BCUT2D eigenvalue weighted by molar-refractivity contribution is 0.0392. The van der Waals surface area contributed by atoms with Crippen molar-refractivity contribution in [3.63, 3.8) is 0 Å². The first-order valence-corrected chi connectivity index (χ1v) is 8.27. The molecule has 1 atom stereocenters. The summed E-state index contributed by atoms with van der Waals surface area (Å²) in [6.07, 6.45) is 1.46. The van der Waals surface area contributed by atoms with Crippen molar-refractivity contribution in [3.05, 3.63) is 45.3 Å². The number of halogens is 3. The first-order valence-electron chi connectivity index (χ1n) is 7.10. The smallest absolute Gasteiger partial charge is 0.227 e. The molecule has 2 aromatic rings. The van der Waals surface area contributed by atoms with Crippen LogP contribution in [0, 0.1) is 5.82 Å². The van der Waals surface area contributed by atoms with Crippen molar-refractivity contribution in [2.75, 3.05) is 37.0 Å². The summed E-state index contributed by atoms with van der Waals surface area (Å²) in [5, 5.41) is 3.38. The second kappa shape index (κ2) is 6.98. The molecule has 0 spiro atoms. The van der Waals surface area contributed by atoms with Gasteiger partial charge in [-0.1, -0.05) is 17.7 Å². The zero-order valence-electron chi connectivity index (χ0n) is 12.4. The van der Waals surface area contributed by atoms with Gasteiger partial charge in [0.05, 0.1) is 17.6 Å². The zero-order valence-corrected chi connectivity index (χ0v) is 14.7. The van der Waals surface area contributed by atoms with Gasteiger partial charge in [0.15, 0.2) is 0 Å². The minimum Gasteiger partial charge on any atom is -0.372 e. The fraction of sp³-hybridized carbons (Fsp3) is 0.333. The normalized spacial score (nSPS) is 18.1. The quantitative estimate of drug-likeness (QED) is 0.851. The van der Waals surface area contributed by atoms with Crippen LogP contribution in [-0.4, -0.2) is 36.7 Å². The molecule has 5 nitrogen and oxygen atoms in total. The van der Waals surface area contributed by atoms with Crippen LogP contribution in [0.4, 0.5) is 16.2 Å². The Morgan fingerprint density at radius 3 is 3.04 bits per heavy atom. The van der Waals surface area contributed by atoms with E-state index in [9.17, 15) is 4.39 Å². The van der Waals surface area contributed by atoms with Crippen LogP contribution >= 0.6 is 27.5 Å². The molecule has 1 N–H and O–H groups in total. The van der Waals surface area contributed by atoms with Gasteiger partial charge in [-0.3, -0.25) is 0 Å². The van der Waals surface area contributed by atoms with Gasteiger partial charge in [0, 0.05) is 30.4 Å². The molecule has 0 aliphatic carbocycles. The summed E-state index contributed by atoms with van der Waals surface area (Å²) in [5.41, 5.74) is 0.767. The number of hydrogen-bond acceptors (Lipinski definition) is 5. The minimum absolute atomic E-state index is 0.248. The molecule has 1 aromatic heterocycles. The summed E-state index contributed by atoms with van der Waals surface area (Å²) in [4.78, 5) is 10.9. The molecule has 0 radical (unpaired) electrons. The molecule has 23 heavy (non-hydrogen) atoms. The monoisotopic (exact) mass is 400 g/mol. The molecular weight excluding hydrogens is 387 g/mol. The number of benzene rings is 1. The fourth-order valence-corrected chi connectivity index (χ4v) is 3.15. The highest BCUT2D eigenvalue weighted by molar-refractivity contribution is 9.10. The summed E-state index contributed by atoms with van der Waals surface area (Å²) >= 11 is 9.53. The molecule has 0 bridgehead atoms. The molecule has 1 fully saturated rings. The van der Waals surface area contributed by atoms with Gasteiger partial charge in [-0.25, -0.2) is 9.37 Å². The van der Waals surface area contributed by atoms with Crippen LogP contribution in [-0.2, 0) is 4.74 Å². The Bertz CT molecular complexity index is 718. The predicted molar refractivity (Wildman–Crippen MR) is 91.6 cm³/mol. The number of nitrogens with one attached hydrogen (secondary N) is 1. The molecule has 3 rings (SSSR count). The molecule has 1 unspecified atom stereocenters. The van der Waals surface area contributed by atoms with Crippen molar-refractivity contribution in [2.24, 2.45) is 0 Å². The molecular formula is C15H15BrClFN4O. The third-order valence-electron chi connectivity index (χ3n) is 3.63. The first kappa shape index (κ1) is 16.4. The van der Waals surface area contributed by atoms with E-state index in [2.05, 4.69) is 31.2 Å². The maximum Gasteiger partial charge on any atom is 0.227 e. The number of ether oxygens (including phenoxy) is 1. The lowest BCUT2D eigenvalue weighted by Gasteiger charge is -2.33. The maximum absolute atomic E-state index is 13.2. The largest absolute Gasteiger partial charge is 0.372 e. The highest BCUT2D eigenvalue weighted by atomic mass is 79.9. The van der Waals surface area contributed by atoms with Crippen molar-refractivity contribution in [1.82, 2.24) is 9.97 Å². The van der Waals surface area contributed by atoms with E-state index in [1.54, 1.807) is 19.3 Å². The Labute approximate surface area is 147 Å². The number of morpholine rings is 1. The van der Waals surface area contributed by atoms with E-state index in [0.29, 0.717) is 30.7 Å². The second-order valence-electron chi connectivity index (χ2n) is 5.09. The van der Waals surface area contributed by atoms with Crippen LogP contribution in [0.25, 0.3) is 0 Å². The number of anilines is 2. The van der Waals surface area contributed by atoms with Crippen LogP contribution in [0.2, 0.25) is 5.02 Å². The Balaban J connectivity index is 1.83. The third kappa shape index (κ3) is 3.57. The molecule has 0 amide bonds. The van der Waals surface area contributed by atoms with Crippen LogP contribution in [0.3, 0.4) is 0 Å². The summed E-state index contributed by atoms with van der Waals surface area (Å²) in [6, 6.07) is 4.35. The van der Waals surface area contributed by atoms with Crippen LogP contribution < -0.4 is 10.2 Å². The van der Waals surface area contributed by atoms with E-state index in [1.807, 2.05) is 4.90 Å². The number of nitrogens with zero attached hydrogens (tertiary/aromatic N) is 3. The second-order valence-corrected chi connectivity index (χ2v) is 6.35. The van der Waals surface area contributed by atoms with Gasteiger partial charge in [0.2, 0.25) is 5.95 Å². The van der Waals surface area contributed by atoms with Crippen molar-refractivity contribution < 1.29 is 9.13 Å². The van der Waals surface area contributed by atoms with Gasteiger partial charge in [-0.15, -0.1) is 0 Å². The topological polar surface area (TPSA) is 50.3 Å². The molecule has 1 aliphatic rings. The number of rotatable bonds is 3. The summed E-state index contributed by atoms with van der Waals surface area (Å²) in [5.74, 6) is 0.975. The lowest BCUT2D eigenvalue weighted by Crippen LogP contribution is -2.39. The molecule has 2 heterocycles. The van der Waals surface area contributed by atoms with Crippen molar-refractivity contribution in [2.45, 2.75) is 6.10 Å². The zero-order chi connectivity index (χ0) is 16.4. The van der Waals surface area contributed by atoms with Crippen molar-refractivity contribution in [1.29, 1.82) is 0 Å². The van der Waals surface area contributed by atoms with E-state index in [1.165, 1.54) is 12.1 Å². The summed E-state index contributed by atoms with van der Waals surface area (Å²) in [6.45, 7) is 1.75. The Hall–Kier alpha value is -1.44. The van der Waals surface area contributed by atoms with E-state index >= 15 is 0 Å². The maximum atomic E-state index is 13.2. The van der Waals surface area contributed by atoms with E-state index in [0.717, 1.165) is 15.9 Å². The van der Waals surface area contributed by atoms with Crippen LogP contribution in [0.5, 0.6) is 0 Å².